The summed E-state index contributed by atoms with van der Waals surface area (Å²) in [6.45, 7) is 4.32. The van der Waals surface area contributed by atoms with Crippen LogP contribution in [-0.4, -0.2) is 23.5 Å². The second-order valence-electron chi connectivity index (χ2n) is 5.54. The first-order valence-electron chi connectivity index (χ1n) is 7.88. The summed E-state index contributed by atoms with van der Waals surface area (Å²) in [5.74, 6) is -1.25. The predicted molar refractivity (Wildman–Crippen MR) is 92.3 cm³/mol. The number of para-hydroxylation sites is 1. The molecule has 1 aromatic rings. The van der Waals surface area contributed by atoms with Crippen molar-refractivity contribution in [3.8, 4) is 6.07 Å². The molecule has 6 heteroatoms. The lowest BCUT2D eigenvalue weighted by atomic mass is 10.1. The number of carbonyl (C=O) groups excluding carboxylic acids is 1. The standard InChI is InChI=1S/C18H23N3O3/c1-13-7-6-8-14(2)17(13)21-12-15(11-19)18(24)20-10-5-3-4-9-16(22)23/h6-8,12,21H,3-5,9-10H2,1-2H3,(H,20,24)(H,22,23)/b15-12-. The van der Waals surface area contributed by atoms with Gasteiger partial charge < -0.3 is 15.7 Å². The number of rotatable bonds is 9. The number of hydrogen-bond donors (Lipinski definition) is 3. The molecule has 0 fully saturated rings. The van der Waals surface area contributed by atoms with Crippen LogP contribution in [0.25, 0.3) is 0 Å². The van der Waals surface area contributed by atoms with Gasteiger partial charge in [0.05, 0.1) is 0 Å². The number of aliphatic carboxylic acids is 1. The third-order valence-electron chi connectivity index (χ3n) is 3.56. The summed E-state index contributed by atoms with van der Waals surface area (Å²) in [4.78, 5) is 22.4. The van der Waals surface area contributed by atoms with Crippen LogP contribution >= 0.6 is 0 Å². The lowest BCUT2D eigenvalue weighted by Crippen LogP contribution is -2.26. The molecule has 0 spiro atoms. The first-order valence-corrected chi connectivity index (χ1v) is 7.88. The second-order valence-corrected chi connectivity index (χ2v) is 5.54. The summed E-state index contributed by atoms with van der Waals surface area (Å²) in [5.41, 5.74) is 2.94. The number of carboxylic acid groups (broad SMARTS) is 1. The lowest BCUT2D eigenvalue weighted by Gasteiger charge is -2.10. The number of carbonyl (C=O) groups is 2. The Hall–Kier alpha value is -2.81. The molecule has 0 aromatic heterocycles. The number of aryl methyl sites for hydroxylation is 2. The van der Waals surface area contributed by atoms with Gasteiger partial charge in [-0.3, -0.25) is 9.59 Å². The summed E-state index contributed by atoms with van der Waals surface area (Å²) in [7, 11) is 0. The lowest BCUT2D eigenvalue weighted by molar-refractivity contribution is -0.137. The normalized spacial score (nSPS) is 10.8. The van der Waals surface area contributed by atoms with E-state index in [1.165, 1.54) is 6.20 Å². The SMILES string of the molecule is Cc1cccc(C)c1N/C=C(/C#N)C(=O)NCCCCCC(=O)O. The number of unbranched alkanes of at least 4 members (excludes halogenated alkanes) is 2. The molecular weight excluding hydrogens is 306 g/mol. The van der Waals surface area contributed by atoms with Gasteiger partial charge in [-0.15, -0.1) is 0 Å². The fourth-order valence-corrected chi connectivity index (χ4v) is 2.21. The molecule has 0 bridgehead atoms. The van der Waals surface area contributed by atoms with Crippen LogP contribution in [0, 0.1) is 25.2 Å². The fourth-order valence-electron chi connectivity index (χ4n) is 2.21. The molecule has 0 saturated heterocycles. The third kappa shape index (κ3) is 6.53. The maximum atomic E-state index is 12.0. The van der Waals surface area contributed by atoms with Crippen molar-refractivity contribution in [2.24, 2.45) is 0 Å². The van der Waals surface area contributed by atoms with E-state index in [2.05, 4.69) is 10.6 Å². The average Bonchev–Trinajstić information content (AvgIpc) is 2.53. The van der Waals surface area contributed by atoms with Gasteiger partial charge in [-0.2, -0.15) is 5.26 Å². The number of nitrogens with one attached hydrogen (secondary N) is 2. The molecule has 3 N–H and O–H groups in total. The predicted octanol–water partition coefficient (Wildman–Crippen LogP) is 2.88. The van der Waals surface area contributed by atoms with Gasteiger partial charge in [0.2, 0.25) is 0 Å². The van der Waals surface area contributed by atoms with Crippen molar-refractivity contribution >= 4 is 17.6 Å². The summed E-state index contributed by atoms with van der Waals surface area (Å²) < 4.78 is 0. The second kappa shape index (κ2) is 10.1. The van der Waals surface area contributed by atoms with E-state index < -0.39 is 11.9 Å². The quantitative estimate of drug-likeness (QED) is 0.367. The molecule has 0 unspecified atom stereocenters. The topological polar surface area (TPSA) is 102 Å². The number of nitriles is 1. The molecule has 1 aromatic carbocycles. The van der Waals surface area contributed by atoms with E-state index in [-0.39, 0.29) is 12.0 Å². The first kappa shape index (κ1) is 19.2. The van der Waals surface area contributed by atoms with Gasteiger partial charge in [-0.1, -0.05) is 24.6 Å². The summed E-state index contributed by atoms with van der Waals surface area (Å²) in [6.07, 6.45) is 3.53. The van der Waals surface area contributed by atoms with E-state index in [0.29, 0.717) is 19.4 Å². The number of hydrogen-bond acceptors (Lipinski definition) is 4. The van der Waals surface area contributed by atoms with Crippen LogP contribution in [0.1, 0.15) is 36.8 Å². The molecule has 0 saturated carbocycles. The third-order valence-corrected chi connectivity index (χ3v) is 3.56. The van der Waals surface area contributed by atoms with Gasteiger partial charge in [0.25, 0.3) is 5.91 Å². The Bertz CT molecular complexity index is 640. The Kier molecular flexibility index (Phi) is 8.06. The molecule has 0 aliphatic heterocycles. The zero-order chi connectivity index (χ0) is 17.9. The maximum absolute atomic E-state index is 12.0. The minimum Gasteiger partial charge on any atom is -0.481 e. The Balaban J connectivity index is 2.49. The Morgan fingerprint density at radius 3 is 2.46 bits per heavy atom. The Labute approximate surface area is 142 Å². The highest BCUT2D eigenvalue weighted by atomic mass is 16.4. The van der Waals surface area contributed by atoms with Crippen molar-refractivity contribution in [1.29, 1.82) is 5.26 Å². The smallest absolute Gasteiger partial charge is 0.303 e. The summed E-state index contributed by atoms with van der Waals surface area (Å²) in [6, 6.07) is 7.73. The van der Waals surface area contributed by atoms with E-state index in [9.17, 15) is 9.59 Å². The highest BCUT2D eigenvalue weighted by Crippen LogP contribution is 2.19. The van der Waals surface area contributed by atoms with Crippen molar-refractivity contribution in [1.82, 2.24) is 5.32 Å². The average molecular weight is 329 g/mol. The van der Waals surface area contributed by atoms with E-state index in [0.717, 1.165) is 23.2 Å². The highest BCUT2D eigenvalue weighted by molar-refractivity contribution is 5.97. The molecular formula is C18H23N3O3. The molecule has 1 rings (SSSR count). The molecule has 24 heavy (non-hydrogen) atoms. The van der Waals surface area contributed by atoms with Crippen molar-refractivity contribution in [3.05, 3.63) is 41.1 Å². The molecule has 1 amide bonds. The van der Waals surface area contributed by atoms with E-state index in [1.54, 1.807) is 0 Å². The zero-order valence-electron chi connectivity index (χ0n) is 14.1. The zero-order valence-corrected chi connectivity index (χ0v) is 14.1. The van der Waals surface area contributed by atoms with Crippen LogP contribution in [0.5, 0.6) is 0 Å². The van der Waals surface area contributed by atoms with Crippen LogP contribution in [0.4, 0.5) is 5.69 Å². The summed E-state index contributed by atoms with van der Waals surface area (Å²) in [5, 5.41) is 23.4. The molecule has 128 valence electrons. The van der Waals surface area contributed by atoms with Crippen molar-refractivity contribution < 1.29 is 14.7 Å². The maximum Gasteiger partial charge on any atom is 0.303 e. The van der Waals surface area contributed by atoms with E-state index in [1.807, 2.05) is 38.1 Å². The van der Waals surface area contributed by atoms with Crippen LogP contribution in [-0.2, 0) is 9.59 Å². The number of nitrogens with zero attached hydrogens (tertiary/aromatic N) is 1. The molecule has 0 atom stereocenters. The monoisotopic (exact) mass is 329 g/mol. The van der Waals surface area contributed by atoms with Crippen LogP contribution in [0.3, 0.4) is 0 Å². The highest BCUT2D eigenvalue weighted by Gasteiger charge is 2.09. The van der Waals surface area contributed by atoms with Gasteiger partial charge >= 0.3 is 5.97 Å². The molecule has 6 nitrogen and oxygen atoms in total. The Morgan fingerprint density at radius 1 is 1.21 bits per heavy atom. The number of carboxylic acids is 1. The fraction of sp³-hybridized carbons (Fsp3) is 0.389. The molecule has 0 radical (unpaired) electrons. The van der Waals surface area contributed by atoms with Gasteiger partial charge in [0.1, 0.15) is 11.6 Å². The molecule has 0 heterocycles. The number of amides is 1. The minimum absolute atomic E-state index is 0.00295. The Morgan fingerprint density at radius 2 is 1.88 bits per heavy atom. The van der Waals surface area contributed by atoms with Gasteiger partial charge in [0.15, 0.2) is 0 Å². The van der Waals surface area contributed by atoms with E-state index in [4.69, 9.17) is 10.4 Å². The molecule has 0 aliphatic rings. The molecule has 0 aliphatic carbocycles. The van der Waals surface area contributed by atoms with Gasteiger partial charge in [0, 0.05) is 24.9 Å². The van der Waals surface area contributed by atoms with Crippen LogP contribution in [0.15, 0.2) is 30.0 Å². The first-order chi connectivity index (χ1) is 11.5. The minimum atomic E-state index is -0.814. The summed E-state index contributed by atoms with van der Waals surface area (Å²) >= 11 is 0. The van der Waals surface area contributed by atoms with Crippen molar-refractivity contribution in [2.45, 2.75) is 39.5 Å². The largest absolute Gasteiger partial charge is 0.481 e. The number of anilines is 1. The number of benzene rings is 1. The van der Waals surface area contributed by atoms with Crippen LogP contribution in [0.2, 0.25) is 0 Å². The van der Waals surface area contributed by atoms with Gasteiger partial charge in [-0.25, -0.2) is 0 Å². The van der Waals surface area contributed by atoms with Gasteiger partial charge in [-0.05, 0) is 37.8 Å². The van der Waals surface area contributed by atoms with Crippen molar-refractivity contribution in [2.75, 3.05) is 11.9 Å². The van der Waals surface area contributed by atoms with Crippen LogP contribution < -0.4 is 10.6 Å². The van der Waals surface area contributed by atoms with E-state index >= 15 is 0 Å². The van der Waals surface area contributed by atoms with Crippen molar-refractivity contribution in [3.63, 3.8) is 0 Å².